The first-order valence-corrected chi connectivity index (χ1v) is 6.91. The van der Waals surface area contributed by atoms with Crippen LogP contribution in [0.15, 0.2) is 24.3 Å². The summed E-state index contributed by atoms with van der Waals surface area (Å²) in [5.74, 6) is 1.21. The molecular formula is C16H20N2O. The van der Waals surface area contributed by atoms with Crippen molar-refractivity contribution in [1.29, 1.82) is 5.26 Å². The average Bonchev–Trinajstić information content (AvgIpc) is 2.42. The maximum Gasteiger partial charge on any atom is 0.251 e. The average molecular weight is 256 g/mol. The van der Waals surface area contributed by atoms with Crippen molar-refractivity contribution in [2.75, 3.05) is 0 Å². The second-order valence-electron chi connectivity index (χ2n) is 5.67. The minimum absolute atomic E-state index is 0.0662. The van der Waals surface area contributed by atoms with Gasteiger partial charge in [-0.1, -0.05) is 19.9 Å². The van der Waals surface area contributed by atoms with Gasteiger partial charge in [-0.15, -0.1) is 0 Å². The molecule has 0 spiro atoms. The minimum atomic E-state index is -0.0662. The van der Waals surface area contributed by atoms with Crippen LogP contribution in [0.4, 0.5) is 0 Å². The van der Waals surface area contributed by atoms with Gasteiger partial charge in [0.25, 0.3) is 5.91 Å². The van der Waals surface area contributed by atoms with Crippen molar-refractivity contribution in [3.8, 4) is 6.07 Å². The van der Waals surface area contributed by atoms with Gasteiger partial charge in [0.1, 0.15) is 0 Å². The van der Waals surface area contributed by atoms with E-state index in [9.17, 15) is 4.79 Å². The van der Waals surface area contributed by atoms with Crippen LogP contribution in [0.25, 0.3) is 0 Å². The Morgan fingerprint density at radius 3 is 2.84 bits per heavy atom. The van der Waals surface area contributed by atoms with Crippen LogP contribution >= 0.6 is 0 Å². The van der Waals surface area contributed by atoms with E-state index < -0.39 is 0 Å². The van der Waals surface area contributed by atoms with Crippen molar-refractivity contribution in [3.63, 3.8) is 0 Å². The topological polar surface area (TPSA) is 52.9 Å². The van der Waals surface area contributed by atoms with Gasteiger partial charge in [-0.25, -0.2) is 0 Å². The zero-order valence-corrected chi connectivity index (χ0v) is 11.5. The van der Waals surface area contributed by atoms with Crippen molar-refractivity contribution in [2.45, 2.75) is 39.2 Å². The van der Waals surface area contributed by atoms with Crippen molar-refractivity contribution in [2.24, 2.45) is 11.8 Å². The summed E-state index contributed by atoms with van der Waals surface area (Å²) in [4.78, 5) is 12.2. The lowest BCUT2D eigenvalue weighted by Gasteiger charge is -2.33. The van der Waals surface area contributed by atoms with Gasteiger partial charge in [0.05, 0.1) is 11.6 Å². The molecule has 3 heteroatoms. The van der Waals surface area contributed by atoms with Crippen LogP contribution < -0.4 is 5.32 Å². The van der Waals surface area contributed by atoms with E-state index in [0.717, 1.165) is 12.3 Å². The van der Waals surface area contributed by atoms with Crippen molar-refractivity contribution in [1.82, 2.24) is 5.32 Å². The molecule has 1 aromatic carbocycles. The Kier molecular flexibility index (Phi) is 4.21. The molecule has 0 aliphatic heterocycles. The Morgan fingerprint density at radius 2 is 2.16 bits per heavy atom. The molecule has 1 aliphatic rings. The third-order valence-corrected chi connectivity index (χ3v) is 4.00. The van der Waals surface area contributed by atoms with E-state index in [1.807, 2.05) is 0 Å². The lowest BCUT2D eigenvalue weighted by Crippen LogP contribution is -2.42. The number of benzene rings is 1. The molecule has 1 N–H and O–H groups in total. The van der Waals surface area contributed by atoms with E-state index >= 15 is 0 Å². The fourth-order valence-electron chi connectivity index (χ4n) is 2.86. The summed E-state index contributed by atoms with van der Waals surface area (Å²) in [7, 11) is 0. The molecule has 1 fully saturated rings. The molecule has 0 saturated heterocycles. The monoisotopic (exact) mass is 256 g/mol. The van der Waals surface area contributed by atoms with Crippen LogP contribution in [0.3, 0.4) is 0 Å². The second-order valence-corrected chi connectivity index (χ2v) is 5.67. The standard InChI is InChI=1S/C16H20N2O/c1-11-6-7-15(12(2)8-11)18-16(19)14-5-3-4-13(9-14)10-17/h3-5,9,11-12,15H,6-8H2,1-2H3,(H,18,19). The van der Waals surface area contributed by atoms with Gasteiger partial charge in [0, 0.05) is 11.6 Å². The summed E-state index contributed by atoms with van der Waals surface area (Å²) in [6, 6.07) is 9.18. The molecule has 1 aliphatic carbocycles. The highest BCUT2D eigenvalue weighted by molar-refractivity contribution is 5.94. The maximum absolute atomic E-state index is 12.2. The number of hydrogen-bond acceptors (Lipinski definition) is 2. The third kappa shape index (κ3) is 3.35. The van der Waals surface area contributed by atoms with Gasteiger partial charge < -0.3 is 5.32 Å². The number of hydrogen-bond donors (Lipinski definition) is 1. The van der Waals surface area contributed by atoms with Crippen LogP contribution in [0.5, 0.6) is 0 Å². The molecule has 0 radical (unpaired) electrons. The Morgan fingerprint density at radius 1 is 1.37 bits per heavy atom. The molecule has 3 nitrogen and oxygen atoms in total. The molecule has 100 valence electrons. The normalized spacial score (nSPS) is 26.5. The van der Waals surface area contributed by atoms with Gasteiger partial charge in [0.15, 0.2) is 0 Å². The summed E-state index contributed by atoms with van der Waals surface area (Å²) in [6.07, 6.45) is 3.39. The third-order valence-electron chi connectivity index (χ3n) is 4.00. The molecule has 3 atom stereocenters. The smallest absolute Gasteiger partial charge is 0.251 e. The fraction of sp³-hybridized carbons (Fsp3) is 0.500. The summed E-state index contributed by atoms with van der Waals surface area (Å²) < 4.78 is 0. The molecule has 1 amide bonds. The largest absolute Gasteiger partial charge is 0.349 e. The molecular weight excluding hydrogens is 236 g/mol. The van der Waals surface area contributed by atoms with Crippen molar-refractivity contribution in [3.05, 3.63) is 35.4 Å². The summed E-state index contributed by atoms with van der Waals surface area (Å²) >= 11 is 0. The lowest BCUT2D eigenvalue weighted by atomic mass is 9.80. The molecule has 0 bridgehead atoms. The minimum Gasteiger partial charge on any atom is -0.349 e. The van der Waals surface area contributed by atoms with Gasteiger partial charge in [0.2, 0.25) is 0 Å². The summed E-state index contributed by atoms with van der Waals surface area (Å²) in [6.45, 7) is 4.47. The van der Waals surface area contributed by atoms with Gasteiger partial charge in [-0.05, 0) is 49.3 Å². The number of carbonyl (C=O) groups excluding carboxylic acids is 1. The number of nitriles is 1. The first-order chi connectivity index (χ1) is 9.10. The highest BCUT2D eigenvalue weighted by Gasteiger charge is 2.26. The Bertz CT molecular complexity index is 504. The predicted molar refractivity (Wildman–Crippen MR) is 74.6 cm³/mol. The quantitative estimate of drug-likeness (QED) is 0.884. The Balaban J connectivity index is 2.03. The van der Waals surface area contributed by atoms with E-state index in [-0.39, 0.29) is 11.9 Å². The summed E-state index contributed by atoms with van der Waals surface area (Å²) in [5.41, 5.74) is 1.10. The number of amides is 1. The van der Waals surface area contributed by atoms with Crippen molar-refractivity contribution >= 4 is 5.91 Å². The van der Waals surface area contributed by atoms with E-state index in [4.69, 9.17) is 5.26 Å². The van der Waals surface area contributed by atoms with Gasteiger partial charge in [-0.2, -0.15) is 5.26 Å². The lowest BCUT2D eigenvalue weighted by molar-refractivity contribution is 0.0899. The number of nitrogens with zero attached hydrogens (tertiary/aromatic N) is 1. The van der Waals surface area contributed by atoms with Crippen LogP contribution in [0.1, 0.15) is 49.0 Å². The van der Waals surface area contributed by atoms with Crippen LogP contribution in [0.2, 0.25) is 0 Å². The fourth-order valence-corrected chi connectivity index (χ4v) is 2.86. The first kappa shape index (κ1) is 13.6. The van der Waals surface area contributed by atoms with E-state index in [1.54, 1.807) is 24.3 Å². The molecule has 0 aromatic heterocycles. The summed E-state index contributed by atoms with van der Waals surface area (Å²) in [5, 5.41) is 12.0. The Hall–Kier alpha value is -1.82. The molecule has 19 heavy (non-hydrogen) atoms. The highest BCUT2D eigenvalue weighted by atomic mass is 16.1. The van der Waals surface area contributed by atoms with E-state index in [2.05, 4.69) is 25.2 Å². The maximum atomic E-state index is 12.2. The van der Waals surface area contributed by atoms with E-state index in [0.29, 0.717) is 17.0 Å². The molecule has 3 unspecified atom stereocenters. The van der Waals surface area contributed by atoms with Crippen molar-refractivity contribution < 1.29 is 4.79 Å². The highest BCUT2D eigenvalue weighted by Crippen LogP contribution is 2.28. The van der Waals surface area contributed by atoms with Gasteiger partial charge in [-0.3, -0.25) is 4.79 Å². The zero-order chi connectivity index (χ0) is 13.8. The second kappa shape index (κ2) is 5.88. The number of rotatable bonds is 2. The number of nitrogens with one attached hydrogen (secondary N) is 1. The molecule has 1 aromatic rings. The zero-order valence-electron chi connectivity index (χ0n) is 11.5. The van der Waals surface area contributed by atoms with Crippen LogP contribution in [-0.2, 0) is 0 Å². The van der Waals surface area contributed by atoms with E-state index in [1.165, 1.54) is 12.8 Å². The molecule has 0 heterocycles. The Labute approximate surface area is 114 Å². The first-order valence-electron chi connectivity index (χ1n) is 6.91. The van der Waals surface area contributed by atoms with Crippen LogP contribution in [0, 0.1) is 23.2 Å². The molecule has 1 saturated carbocycles. The SMILES string of the molecule is CC1CCC(NC(=O)c2cccc(C#N)c2)C(C)C1. The molecule has 2 rings (SSSR count). The predicted octanol–water partition coefficient (Wildman–Crippen LogP) is 3.11. The van der Waals surface area contributed by atoms with Crippen LogP contribution in [-0.4, -0.2) is 11.9 Å². The number of carbonyl (C=O) groups is 1. The van der Waals surface area contributed by atoms with Gasteiger partial charge >= 0.3 is 0 Å².